The van der Waals surface area contributed by atoms with Gasteiger partial charge in [0.25, 0.3) is 0 Å². The van der Waals surface area contributed by atoms with E-state index in [0.717, 1.165) is 0 Å². The van der Waals surface area contributed by atoms with Gasteiger partial charge in [-0.25, -0.2) is 0 Å². The van der Waals surface area contributed by atoms with E-state index in [0.29, 0.717) is 0 Å². The number of methoxy groups -OCH3 is 1. The van der Waals surface area contributed by atoms with Gasteiger partial charge in [0.1, 0.15) is 67.7 Å². The minimum atomic E-state index is -2.61. The van der Waals surface area contributed by atoms with Crippen LogP contribution in [0.3, 0.4) is 0 Å². The fraction of sp³-hybridized carbons (Fsp3) is 1.00. The van der Waals surface area contributed by atoms with Crippen molar-refractivity contribution in [2.75, 3.05) is 33.5 Å². The summed E-state index contributed by atoms with van der Waals surface area (Å²) in [6, 6.07) is 0. The van der Waals surface area contributed by atoms with Gasteiger partial charge in [-0.05, 0) is 128 Å². The predicted molar refractivity (Wildman–Crippen MR) is 227 cm³/mol. The second kappa shape index (κ2) is 14.9. The molecule has 20 atom stereocenters. The monoisotopic (exact) mass is 913 g/mol. The van der Waals surface area contributed by atoms with Crippen LogP contribution < -0.4 is 0 Å². The Labute approximate surface area is 373 Å². The molecular weight excluding hydrogens is 828 g/mol. The van der Waals surface area contributed by atoms with E-state index >= 15 is 0 Å². The Bertz CT molecular complexity index is 1730. The van der Waals surface area contributed by atoms with Crippen molar-refractivity contribution < 1.29 is 89.7 Å². The second-order valence-electron chi connectivity index (χ2n) is 23.0. The minimum absolute atomic E-state index is 0.0362. The lowest BCUT2D eigenvalue weighted by molar-refractivity contribution is -0.506. The van der Waals surface area contributed by atoms with E-state index in [4.69, 9.17) is 28.4 Å². The first kappa shape index (κ1) is 54.9. The van der Waals surface area contributed by atoms with Gasteiger partial charge in [0, 0.05) is 19.1 Å². The first-order chi connectivity index (χ1) is 27.7. The predicted octanol–water partition coefficient (Wildman–Crippen LogP) is 0.139. The maximum atomic E-state index is 13.0. The van der Waals surface area contributed by atoms with E-state index < -0.39 is 146 Å². The van der Waals surface area contributed by atoms with Gasteiger partial charge in [-0.3, -0.25) is 0 Å². The van der Waals surface area contributed by atoms with Crippen molar-refractivity contribution in [1.82, 2.24) is 0 Å². The molecule has 0 aromatic rings. The van der Waals surface area contributed by atoms with Gasteiger partial charge in [0.2, 0.25) is 0 Å². The number of rotatable bonds is 11. The number of aliphatic hydroxyl groups is 12. The molecule has 0 aromatic carbocycles. The molecule has 18 heteroatoms. The van der Waals surface area contributed by atoms with E-state index in [2.05, 4.69) is 0 Å². The third-order valence-electron chi connectivity index (χ3n) is 19.7. The highest BCUT2D eigenvalue weighted by molar-refractivity contribution is 5.30. The van der Waals surface area contributed by atoms with Crippen molar-refractivity contribution >= 4 is 0 Å². The summed E-state index contributed by atoms with van der Waals surface area (Å²) in [7, 11) is 1.26. The molecule has 372 valence electrons. The van der Waals surface area contributed by atoms with Crippen molar-refractivity contribution in [2.45, 2.75) is 234 Å². The topological polar surface area (TPSA) is 298 Å². The lowest BCUT2D eigenvalue weighted by Crippen LogP contribution is -2.89. The number of hydrogen-bond donors (Lipinski definition) is 12. The van der Waals surface area contributed by atoms with Crippen LogP contribution in [0.2, 0.25) is 0 Å². The van der Waals surface area contributed by atoms with Crippen molar-refractivity contribution in [3.05, 3.63) is 0 Å². The molecule has 0 radical (unpaired) electrons. The van der Waals surface area contributed by atoms with E-state index in [9.17, 15) is 61.3 Å². The molecular formula is C45H84O18. The van der Waals surface area contributed by atoms with Crippen LogP contribution in [0.25, 0.3) is 0 Å². The Morgan fingerprint density at radius 1 is 0.540 bits per heavy atom. The van der Waals surface area contributed by atoms with E-state index in [-0.39, 0.29) is 6.42 Å². The molecule has 63 heavy (non-hydrogen) atoms. The van der Waals surface area contributed by atoms with Crippen molar-refractivity contribution in [3.63, 3.8) is 0 Å². The summed E-state index contributed by atoms with van der Waals surface area (Å²) in [5.74, 6) is -5.00. The molecule has 4 fully saturated rings. The molecule has 18 nitrogen and oxygen atoms in total. The number of hydrogen-bond acceptors (Lipinski definition) is 18. The molecule has 20 unspecified atom stereocenters. The maximum Gasteiger partial charge on any atom is 0.198 e. The summed E-state index contributed by atoms with van der Waals surface area (Å²) in [6.07, 6.45) is -3.19. The van der Waals surface area contributed by atoms with Gasteiger partial charge in [-0.1, -0.05) is 20.8 Å². The number of aliphatic hydroxyl groups excluding tert-OH is 4. The third kappa shape index (κ3) is 6.34. The lowest BCUT2D eigenvalue weighted by atomic mass is 9.48. The molecule has 2 aliphatic heterocycles. The summed E-state index contributed by atoms with van der Waals surface area (Å²) >= 11 is 0. The fourth-order valence-corrected chi connectivity index (χ4v) is 11.9. The highest BCUT2D eigenvalue weighted by Crippen LogP contribution is 2.66. The molecule has 4 aliphatic rings. The molecule has 2 saturated heterocycles. The van der Waals surface area contributed by atoms with Crippen molar-refractivity contribution in [1.29, 1.82) is 0 Å². The van der Waals surface area contributed by atoms with Gasteiger partial charge in [0.15, 0.2) is 11.6 Å². The van der Waals surface area contributed by atoms with Crippen molar-refractivity contribution in [2.24, 2.45) is 16.7 Å². The summed E-state index contributed by atoms with van der Waals surface area (Å²) in [4.78, 5) is 0. The van der Waals surface area contributed by atoms with Crippen LogP contribution in [0, 0.1) is 16.7 Å². The van der Waals surface area contributed by atoms with E-state index in [1.54, 1.807) is 13.8 Å². The fourth-order valence-electron chi connectivity index (χ4n) is 11.9. The largest absolute Gasteiger partial charge is 0.396 e. The van der Waals surface area contributed by atoms with Crippen LogP contribution in [0.1, 0.15) is 137 Å². The standard InChI is InChI=1S/C45H84O18/c1-26-29(2,23-47)20-27(34(7,51)33(26,6)50)59-43(16)32(5,25-49)62-45(18,41(14,57)39(43,12)55)63-42(15)30(3,24-48)22-31(4,36(9,52)38(42,11)54)61-35(8)28(21-46)60-44(17,58-19)40(13,56)37(35,10)53/h26-28,46-57H,20-25H2,1-19H3. The van der Waals surface area contributed by atoms with Gasteiger partial charge < -0.3 is 89.7 Å². The Morgan fingerprint density at radius 3 is 1.44 bits per heavy atom. The SMILES string of the molecule is COC1(C)OC(CO)C(C)(OC2(C)CC(C)(CO)C(C)(OC3(C)OC(C)(CO)C(C)(OC4CC(C)(CO)C(C)C(C)(O)C4(C)O)C(C)(O)C3(C)O)C(C)(O)C2(C)O)C(C)(O)C1(C)O. The van der Waals surface area contributed by atoms with Gasteiger partial charge in [-0.2, -0.15) is 0 Å². The molecule has 0 amide bonds. The quantitative estimate of drug-likeness (QED) is 0.131. The molecule has 0 bridgehead atoms. The Kier molecular flexibility index (Phi) is 13.0. The zero-order valence-electron chi connectivity index (χ0n) is 41.3. The highest BCUT2D eigenvalue weighted by atomic mass is 16.8. The first-order valence-electron chi connectivity index (χ1n) is 21.9. The Hall–Kier alpha value is -0.720. The molecule has 12 N–H and O–H groups in total. The maximum absolute atomic E-state index is 13.0. The average Bonchev–Trinajstić information content (AvgIpc) is 3.15. The molecule has 2 heterocycles. The molecule has 0 aromatic heterocycles. The highest BCUT2D eigenvalue weighted by Gasteiger charge is 2.83. The number of ether oxygens (including phenoxy) is 6. The molecule has 0 spiro atoms. The summed E-state index contributed by atoms with van der Waals surface area (Å²) in [5.41, 5.74) is -31.9. The second-order valence-corrected chi connectivity index (χ2v) is 23.0. The van der Waals surface area contributed by atoms with E-state index in [1.807, 2.05) is 0 Å². The normalized spacial score (nSPS) is 61.5. The molecule has 2 saturated carbocycles. The summed E-state index contributed by atoms with van der Waals surface area (Å²) in [5, 5.41) is 144. The van der Waals surface area contributed by atoms with Crippen LogP contribution >= 0.6 is 0 Å². The minimum Gasteiger partial charge on any atom is -0.396 e. The van der Waals surface area contributed by atoms with E-state index in [1.165, 1.54) is 118 Å². The summed E-state index contributed by atoms with van der Waals surface area (Å²) in [6.45, 7) is 21.8. The Morgan fingerprint density at radius 2 is 1.02 bits per heavy atom. The molecule has 2 aliphatic carbocycles. The lowest BCUT2D eigenvalue weighted by Gasteiger charge is -2.73. The molecule has 4 rings (SSSR count). The van der Waals surface area contributed by atoms with Crippen molar-refractivity contribution in [3.8, 4) is 0 Å². The van der Waals surface area contributed by atoms with Crippen LogP contribution in [-0.2, 0) is 28.4 Å². The van der Waals surface area contributed by atoms with Gasteiger partial charge in [-0.15, -0.1) is 0 Å². The van der Waals surface area contributed by atoms with Gasteiger partial charge >= 0.3 is 0 Å². The van der Waals surface area contributed by atoms with Gasteiger partial charge in [0.05, 0.1) is 37.1 Å². The van der Waals surface area contributed by atoms with Crippen LogP contribution in [0.15, 0.2) is 0 Å². The average molecular weight is 913 g/mol. The Balaban J connectivity index is 1.89. The smallest absolute Gasteiger partial charge is 0.198 e. The van der Waals surface area contributed by atoms with Crippen LogP contribution in [-0.4, -0.2) is 191 Å². The van der Waals surface area contributed by atoms with Crippen LogP contribution in [0.5, 0.6) is 0 Å². The third-order valence-corrected chi connectivity index (χ3v) is 19.7. The first-order valence-corrected chi connectivity index (χ1v) is 21.9. The zero-order chi connectivity index (χ0) is 49.7. The zero-order valence-corrected chi connectivity index (χ0v) is 41.3. The van der Waals surface area contributed by atoms with Crippen LogP contribution in [0.4, 0.5) is 0 Å². The summed E-state index contributed by atoms with van der Waals surface area (Å²) < 4.78 is 38.7.